The van der Waals surface area contributed by atoms with Crippen LogP contribution in [0.1, 0.15) is 39.9 Å². The number of pyridine rings is 1. The van der Waals surface area contributed by atoms with E-state index >= 15 is 0 Å². The predicted octanol–water partition coefficient (Wildman–Crippen LogP) is 3.04. The monoisotopic (exact) mass is 368 g/mol. The lowest BCUT2D eigenvalue weighted by Gasteiger charge is -2.13. The molecule has 0 unspecified atom stereocenters. The fourth-order valence-corrected chi connectivity index (χ4v) is 3.05. The molecule has 0 saturated heterocycles. The minimum atomic E-state index is -0.400. The summed E-state index contributed by atoms with van der Waals surface area (Å²) in [4.78, 5) is 26.4. The maximum Gasteiger partial charge on any atom is 0.306 e. The van der Waals surface area contributed by atoms with Crippen molar-refractivity contribution in [2.45, 2.75) is 40.5 Å². The Morgan fingerprint density at radius 3 is 2.44 bits per heavy atom. The summed E-state index contributed by atoms with van der Waals surface area (Å²) < 4.78 is 10.9. The quantitative estimate of drug-likeness (QED) is 0.599. The standard InChI is InChI=1S/C21H24N2O4/c1-13-6-5-7-14(2)20(13)27-11-10-26-19(24)9-8-17-15(3)18(12-22)21(25)23-16(17)4/h5-7H,8-11H2,1-4H3,(H,23,25). The fourth-order valence-electron chi connectivity index (χ4n) is 3.05. The van der Waals surface area contributed by atoms with Crippen LogP contribution in [-0.2, 0) is 16.0 Å². The summed E-state index contributed by atoms with van der Waals surface area (Å²) >= 11 is 0. The van der Waals surface area contributed by atoms with Crippen molar-refractivity contribution < 1.29 is 14.3 Å². The molecule has 1 aromatic carbocycles. The molecule has 2 aromatic rings. The van der Waals surface area contributed by atoms with E-state index in [1.165, 1.54) is 0 Å². The molecule has 0 radical (unpaired) electrons. The van der Waals surface area contributed by atoms with Crippen molar-refractivity contribution in [3.63, 3.8) is 0 Å². The van der Waals surface area contributed by atoms with Crippen LogP contribution in [0.2, 0.25) is 0 Å². The molecule has 2 rings (SSSR count). The first-order chi connectivity index (χ1) is 12.8. The second-order valence-corrected chi connectivity index (χ2v) is 6.46. The zero-order chi connectivity index (χ0) is 20.0. The highest BCUT2D eigenvalue weighted by Crippen LogP contribution is 2.22. The van der Waals surface area contributed by atoms with Gasteiger partial charge in [-0.2, -0.15) is 5.26 Å². The third-order valence-corrected chi connectivity index (χ3v) is 4.50. The summed E-state index contributed by atoms with van der Waals surface area (Å²) in [6.07, 6.45) is 0.571. The van der Waals surface area contributed by atoms with Crippen LogP contribution in [0.3, 0.4) is 0 Å². The lowest BCUT2D eigenvalue weighted by Crippen LogP contribution is -2.18. The van der Waals surface area contributed by atoms with Gasteiger partial charge in [-0.05, 0) is 56.4 Å². The van der Waals surface area contributed by atoms with E-state index in [0.717, 1.165) is 22.4 Å². The van der Waals surface area contributed by atoms with Gasteiger partial charge in [-0.25, -0.2) is 0 Å². The molecule has 0 aliphatic carbocycles. The Morgan fingerprint density at radius 2 is 1.81 bits per heavy atom. The minimum Gasteiger partial charge on any atom is -0.489 e. The molecule has 0 aliphatic rings. The molecule has 6 heteroatoms. The Balaban J connectivity index is 1.86. The van der Waals surface area contributed by atoms with Gasteiger partial charge in [0.05, 0.1) is 0 Å². The van der Waals surface area contributed by atoms with Crippen molar-refractivity contribution >= 4 is 5.97 Å². The van der Waals surface area contributed by atoms with E-state index in [-0.39, 0.29) is 31.2 Å². The van der Waals surface area contributed by atoms with Crippen molar-refractivity contribution in [3.8, 4) is 11.8 Å². The van der Waals surface area contributed by atoms with Gasteiger partial charge in [0.1, 0.15) is 30.6 Å². The Hall–Kier alpha value is -3.07. The average Bonchev–Trinajstić information content (AvgIpc) is 2.60. The largest absolute Gasteiger partial charge is 0.489 e. The molecule has 0 spiro atoms. The molecule has 0 amide bonds. The van der Waals surface area contributed by atoms with Crippen LogP contribution in [0.4, 0.5) is 0 Å². The summed E-state index contributed by atoms with van der Waals surface area (Å²) in [6, 6.07) is 7.82. The molecular formula is C21H24N2O4. The number of aryl methyl sites for hydroxylation is 3. The average molecular weight is 368 g/mol. The summed E-state index contributed by atoms with van der Waals surface area (Å²) in [5.41, 5.74) is 3.85. The van der Waals surface area contributed by atoms with Crippen LogP contribution in [-0.4, -0.2) is 24.2 Å². The van der Waals surface area contributed by atoms with Gasteiger partial charge < -0.3 is 14.5 Å². The summed E-state index contributed by atoms with van der Waals surface area (Å²) in [5, 5.41) is 9.09. The molecule has 0 fully saturated rings. The van der Waals surface area contributed by atoms with Crippen molar-refractivity contribution in [1.29, 1.82) is 5.26 Å². The smallest absolute Gasteiger partial charge is 0.306 e. The highest BCUT2D eigenvalue weighted by atomic mass is 16.6. The van der Waals surface area contributed by atoms with Gasteiger partial charge in [-0.3, -0.25) is 9.59 Å². The van der Waals surface area contributed by atoms with Crippen molar-refractivity contribution in [2.24, 2.45) is 0 Å². The van der Waals surface area contributed by atoms with Crippen molar-refractivity contribution in [3.05, 3.63) is 62.1 Å². The van der Waals surface area contributed by atoms with Crippen LogP contribution in [0, 0.1) is 39.0 Å². The second-order valence-electron chi connectivity index (χ2n) is 6.46. The van der Waals surface area contributed by atoms with Crippen LogP contribution in [0.15, 0.2) is 23.0 Å². The van der Waals surface area contributed by atoms with Gasteiger partial charge in [-0.15, -0.1) is 0 Å². The van der Waals surface area contributed by atoms with Gasteiger partial charge >= 0.3 is 5.97 Å². The van der Waals surface area contributed by atoms with E-state index in [1.807, 2.05) is 38.1 Å². The molecule has 0 bridgehead atoms. The third kappa shape index (κ3) is 4.98. The van der Waals surface area contributed by atoms with Crippen molar-refractivity contribution in [1.82, 2.24) is 4.98 Å². The van der Waals surface area contributed by atoms with E-state index in [4.69, 9.17) is 14.7 Å². The number of hydrogen-bond acceptors (Lipinski definition) is 5. The second kappa shape index (κ2) is 9.04. The number of aromatic amines is 1. The molecule has 6 nitrogen and oxygen atoms in total. The zero-order valence-corrected chi connectivity index (χ0v) is 16.1. The van der Waals surface area contributed by atoms with Gasteiger partial charge in [0.15, 0.2) is 0 Å². The first kappa shape index (κ1) is 20.2. The zero-order valence-electron chi connectivity index (χ0n) is 16.1. The Bertz CT molecular complexity index is 918. The molecular weight excluding hydrogens is 344 g/mol. The maximum atomic E-state index is 12.0. The number of rotatable bonds is 7. The lowest BCUT2D eigenvalue weighted by molar-refractivity contribution is -0.144. The number of carbonyl (C=O) groups is 1. The number of hydrogen-bond donors (Lipinski definition) is 1. The van der Waals surface area contributed by atoms with E-state index < -0.39 is 5.56 Å². The molecule has 142 valence electrons. The summed E-state index contributed by atoms with van der Waals surface area (Å²) in [5.74, 6) is 0.473. The van der Waals surface area contributed by atoms with Gasteiger partial charge in [0.2, 0.25) is 0 Å². The lowest BCUT2D eigenvalue weighted by atomic mass is 9.99. The molecule has 1 N–H and O–H groups in total. The molecule has 0 saturated carbocycles. The molecule has 1 heterocycles. The number of ether oxygens (including phenoxy) is 2. The third-order valence-electron chi connectivity index (χ3n) is 4.50. The Labute approximate surface area is 158 Å². The minimum absolute atomic E-state index is 0.0889. The van der Waals surface area contributed by atoms with E-state index in [2.05, 4.69) is 4.98 Å². The van der Waals surface area contributed by atoms with Gasteiger partial charge in [-0.1, -0.05) is 18.2 Å². The molecule has 27 heavy (non-hydrogen) atoms. The van der Waals surface area contributed by atoms with E-state index in [9.17, 15) is 9.59 Å². The number of H-pyrrole nitrogens is 1. The topological polar surface area (TPSA) is 92.2 Å². The van der Waals surface area contributed by atoms with Crippen LogP contribution >= 0.6 is 0 Å². The molecule has 0 atom stereocenters. The van der Waals surface area contributed by atoms with E-state index in [1.54, 1.807) is 13.8 Å². The number of nitrogens with zero attached hydrogens (tertiary/aromatic N) is 1. The highest BCUT2D eigenvalue weighted by Gasteiger charge is 2.14. The van der Waals surface area contributed by atoms with Crippen LogP contribution < -0.4 is 10.3 Å². The number of para-hydroxylation sites is 1. The highest BCUT2D eigenvalue weighted by molar-refractivity contribution is 5.70. The van der Waals surface area contributed by atoms with Gasteiger partial charge in [0.25, 0.3) is 5.56 Å². The van der Waals surface area contributed by atoms with Crippen LogP contribution in [0.25, 0.3) is 0 Å². The van der Waals surface area contributed by atoms with Gasteiger partial charge in [0, 0.05) is 12.1 Å². The number of aromatic nitrogens is 1. The first-order valence-electron chi connectivity index (χ1n) is 8.82. The Kier molecular flexibility index (Phi) is 6.78. The Morgan fingerprint density at radius 1 is 1.15 bits per heavy atom. The maximum absolute atomic E-state index is 12.0. The number of nitriles is 1. The fraction of sp³-hybridized carbons (Fsp3) is 0.381. The first-order valence-corrected chi connectivity index (χ1v) is 8.82. The summed E-state index contributed by atoms with van der Waals surface area (Å²) in [7, 11) is 0. The van der Waals surface area contributed by atoms with E-state index in [0.29, 0.717) is 17.7 Å². The summed E-state index contributed by atoms with van der Waals surface area (Å²) in [6.45, 7) is 7.87. The number of nitrogens with one attached hydrogen (secondary N) is 1. The molecule has 0 aliphatic heterocycles. The van der Waals surface area contributed by atoms with Crippen LogP contribution in [0.5, 0.6) is 5.75 Å². The normalized spacial score (nSPS) is 10.3. The number of benzene rings is 1. The number of esters is 1. The number of carbonyl (C=O) groups excluding carboxylic acids is 1. The molecule has 1 aromatic heterocycles. The SMILES string of the molecule is Cc1cccc(C)c1OCCOC(=O)CCc1c(C)[nH]c(=O)c(C#N)c1C. The predicted molar refractivity (Wildman–Crippen MR) is 102 cm³/mol. The van der Waals surface area contributed by atoms with Crippen molar-refractivity contribution in [2.75, 3.05) is 13.2 Å².